The molecule has 1 aliphatic rings. The molecule has 182 valence electrons. The van der Waals surface area contributed by atoms with Crippen molar-refractivity contribution in [3.05, 3.63) is 79.6 Å². The number of hydrogen-bond acceptors (Lipinski definition) is 8. The SMILES string of the molecule is C=CC(=O)Nc1ccnc(-c2cccc3cnc(Nc4ccc(N5CCO[C@H](CO)C5)cc4)nc23)c1. The van der Waals surface area contributed by atoms with Crippen molar-refractivity contribution >= 4 is 39.8 Å². The number of ether oxygens (including phenoxy) is 1. The summed E-state index contributed by atoms with van der Waals surface area (Å²) in [6, 6.07) is 17.4. The third-order valence-electron chi connectivity index (χ3n) is 5.93. The zero-order chi connectivity index (χ0) is 24.9. The van der Waals surface area contributed by atoms with Crippen LogP contribution < -0.4 is 15.5 Å². The van der Waals surface area contributed by atoms with Gasteiger partial charge in [0.25, 0.3) is 0 Å². The zero-order valence-corrected chi connectivity index (χ0v) is 19.6. The first-order chi connectivity index (χ1) is 17.6. The highest BCUT2D eigenvalue weighted by Crippen LogP contribution is 2.29. The number of aromatic nitrogens is 3. The molecule has 4 aromatic rings. The molecule has 3 heterocycles. The number of nitrogens with one attached hydrogen (secondary N) is 2. The van der Waals surface area contributed by atoms with Crippen LogP contribution in [-0.2, 0) is 9.53 Å². The number of aliphatic hydroxyl groups is 1. The molecule has 2 aromatic heterocycles. The zero-order valence-electron chi connectivity index (χ0n) is 19.6. The van der Waals surface area contributed by atoms with Gasteiger partial charge in [-0.05, 0) is 42.5 Å². The van der Waals surface area contributed by atoms with Crippen LogP contribution in [0, 0.1) is 0 Å². The number of anilines is 4. The molecule has 36 heavy (non-hydrogen) atoms. The Hall–Kier alpha value is -4.34. The maximum atomic E-state index is 11.7. The molecule has 0 unspecified atom stereocenters. The van der Waals surface area contributed by atoms with E-state index >= 15 is 0 Å². The van der Waals surface area contributed by atoms with Gasteiger partial charge in [0.15, 0.2) is 0 Å². The summed E-state index contributed by atoms with van der Waals surface area (Å²) in [5.41, 5.74) is 4.81. The lowest BCUT2D eigenvalue weighted by Crippen LogP contribution is -2.44. The Morgan fingerprint density at radius 1 is 1.17 bits per heavy atom. The number of carbonyl (C=O) groups is 1. The summed E-state index contributed by atoms with van der Waals surface area (Å²) in [5, 5.41) is 16.3. The first-order valence-electron chi connectivity index (χ1n) is 11.6. The minimum atomic E-state index is -0.285. The third kappa shape index (κ3) is 5.17. The minimum absolute atomic E-state index is 0.0146. The smallest absolute Gasteiger partial charge is 0.247 e. The second-order valence-corrected chi connectivity index (χ2v) is 8.35. The topological polar surface area (TPSA) is 112 Å². The van der Waals surface area contributed by atoms with Crippen LogP contribution in [0.3, 0.4) is 0 Å². The van der Waals surface area contributed by atoms with Gasteiger partial charge in [-0.15, -0.1) is 0 Å². The molecule has 1 aliphatic heterocycles. The number of nitrogens with zero attached hydrogens (tertiary/aromatic N) is 4. The van der Waals surface area contributed by atoms with E-state index in [9.17, 15) is 9.90 Å². The van der Waals surface area contributed by atoms with Crippen molar-refractivity contribution in [2.45, 2.75) is 6.10 Å². The lowest BCUT2D eigenvalue weighted by molar-refractivity contribution is -0.111. The van der Waals surface area contributed by atoms with Crippen LogP contribution in [0.15, 0.2) is 79.6 Å². The summed E-state index contributed by atoms with van der Waals surface area (Å²) in [6.07, 6.45) is 4.48. The lowest BCUT2D eigenvalue weighted by atomic mass is 10.1. The van der Waals surface area contributed by atoms with Gasteiger partial charge in [0.1, 0.15) is 0 Å². The molecule has 0 saturated carbocycles. The number of rotatable bonds is 7. The number of para-hydroxylation sites is 1. The number of fused-ring (bicyclic) bond motifs is 1. The predicted molar refractivity (Wildman–Crippen MR) is 140 cm³/mol. The quantitative estimate of drug-likeness (QED) is 0.342. The molecule has 0 spiro atoms. The Balaban J connectivity index is 1.38. The number of aliphatic hydroxyl groups excluding tert-OH is 1. The van der Waals surface area contributed by atoms with Gasteiger partial charge in [-0.2, -0.15) is 0 Å². The molecule has 0 bridgehead atoms. The highest BCUT2D eigenvalue weighted by atomic mass is 16.5. The molecule has 5 rings (SSSR count). The second-order valence-electron chi connectivity index (χ2n) is 8.35. The monoisotopic (exact) mass is 482 g/mol. The summed E-state index contributed by atoms with van der Waals surface area (Å²) in [5.74, 6) is 0.178. The van der Waals surface area contributed by atoms with Gasteiger partial charge in [-0.1, -0.05) is 24.8 Å². The lowest BCUT2D eigenvalue weighted by Gasteiger charge is -2.33. The van der Waals surface area contributed by atoms with Crippen LogP contribution in [-0.4, -0.2) is 58.4 Å². The number of amides is 1. The summed E-state index contributed by atoms with van der Waals surface area (Å²) in [6.45, 7) is 5.54. The van der Waals surface area contributed by atoms with Crippen LogP contribution in [0.5, 0.6) is 0 Å². The maximum absolute atomic E-state index is 11.7. The molecule has 9 nitrogen and oxygen atoms in total. The van der Waals surface area contributed by atoms with Gasteiger partial charge < -0.3 is 25.4 Å². The van der Waals surface area contributed by atoms with Crippen molar-refractivity contribution in [3.8, 4) is 11.3 Å². The predicted octanol–water partition coefficient (Wildman–Crippen LogP) is 3.76. The van der Waals surface area contributed by atoms with E-state index in [1.165, 1.54) is 6.08 Å². The van der Waals surface area contributed by atoms with E-state index in [0.29, 0.717) is 30.5 Å². The molecule has 0 aliphatic carbocycles. The molecule has 1 saturated heterocycles. The Bertz CT molecular complexity index is 1390. The van der Waals surface area contributed by atoms with Crippen LogP contribution in [0.2, 0.25) is 0 Å². The Morgan fingerprint density at radius 2 is 2.03 bits per heavy atom. The van der Waals surface area contributed by atoms with Gasteiger partial charge in [-0.3, -0.25) is 9.78 Å². The highest BCUT2D eigenvalue weighted by Gasteiger charge is 2.20. The maximum Gasteiger partial charge on any atom is 0.247 e. The Morgan fingerprint density at radius 3 is 2.83 bits per heavy atom. The fourth-order valence-electron chi connectivity index (χ4n) is 4.12. The van der Waals surface area contributed by atoms with Crippen molar-refractivity contribution < 1.29 is 14.6 Å². The van der Waals surface area contributed by atoms with Crippen LogP contribution in [0.25, 0.3) is 22.2 Å². The molecule has 1 fully saturated rings. The fraction of sp³-hybridized carbons (Fsp3) is 0.185. The van der Waals surface area contributed by atoms with Crippen LogP contribution >= 0.6 is 0 Å². The van der Waals surface area contributed by atoms with E-state index in [2.05, 4.69) is 32.1 Å². The fourth-order valence-corrected chi connectivity index (χ4v) is 4.12. The van der Waals surface area contributed by atoms with E-state index in [0.717, 1.165) is 34.4 Å². The average Bonchev–Trinajstić information content (AvgIpc) is 2.93. The van der Waals surface area contributed by atoms with Crippen molar-refractivity contribution in [3.63, 3.8) is 0 Å². The molecule has 2 aromatic carbocycles. The molecule has 9 heteroatoms. The van der Waals surface area contributed by atoms with Gasteiger partial charge >= 0.3 is 0 Å². The summed E-state index contributed by atoms with van der Waals surface area (Å²) in [7, 11) is 0. The molecular weight excluding hydrogens is 456 g/mol. The second kappa shape index (κ2) is 10.5. The summed E-state index contributed by atoms with van der Waals surface area (Å²) in [4.78, 5) is 27.6. The summed E-state index contributed by atoms with van der Waals surface area (Å²) < 4.78 is 5.54. The first kappa shape index (κ1) is 23.4. The van der Waals surface area contributed by atoms with Gasteiger partial charge in [0.2, 0.25) is 11.9 Å². The number of morpholine rings is 1. The van der Waals surface area contributed by atoms with Crippen molar-refractivity contribution in [1.82, 2.24) is 15.0 Å². The standard InChI is InChI=1S/C27H26N6O3/c1-2-25(35)30-20-10-11-28-24(14-20)23-5-3-4-18-15-29-27(32-26(18)23)31-19-6-8-21(9-7-19)33-12-13-36-22(16-33)17-34/h2-11,14-15,22,34H,1,12-13,16-17H2,(H,28,30,35)(H,29,31,32)/t22-/m0/s1. The Labute approximate surface area is 208 Å². The molecule has 0 radical (unpaired) electrons. The van der Waals surface area contributed by atoms with Gasteiger partial charge in [0, 0.05) is 53.5 Å². The van der Waals surface area contributed by atoms with Crippen molar-refractivity contribution in [2.75, 3.05) is 41.8 Å². The number of benzene rings is 2. The van der Waals surface area contributed by atoms with Gasteiger partial charge in [-0.25, -0.2) is 9.97 Å². The third-order valence-corrected chi connectivity index (χ3v) is 5.93. The molecule has 3 N–H and O–H groups in total. The van der Waals surface area contributed by atoms with Crippen molar-refractivity contribution in [2.24, 2.45) is 0 Å². The largest absolute Gasteiger partial charge is 0.394 e. The summed E-state index contributed by atoms with van der Waals surface area (Å²) >= 11 is 0. The van der Waals surface area contributed by atoms with Gasteiger partial charge in [0.05, 0.1) is 30.5 Å². The Kier molecular flexibility index (Phi) is 6.83. The molecular formula is C27H26N6O3. The number of hydrogen-bond donors (Lipinski definition) is 3. The van der Waals surface area contributed by atoms with E-state index < -0.39 is 0 Å². The first-order valence-corrected chi connectivity index (χ1v) is 11.6. The normalized spacial score (nSPS) is 15.5. The minimum Gasteiger partial charge on any atom is -0.394 e. The average molecular weight is 483 g/mol. The molecule has 1 atom stereocenters. The van der Waals surface area contributed by atoms with E-state index in [4.69, 9.17) is 9.72 Å². The highest BCUT2D eigenvalue weighted by molar-refractivity contribution is 5.99. The van der Waals surface area contributed by atoms with E-state index in [1.807, 2.05) is 42.5 Å². The van der Waals surface area contributed by atoms with E-state index in [-0.39, 0.29) is 18.6 Å². The van der Waals surface area contributed by atoms with Crippen LogP contribution in [0.1, 0.15) is 0 Å². The van der Waals surface area contributed by atoms with Crippen LogP contribution in [0.4, 0.5) is 23.0 Å². The van der Waals surface area contributed by atoms with Crippen molar-refractivity contribution in [1.29, 1.82) is 0 Å². The number of pyridine rings is 1. The van der Waals surface area contributed by atoms with E-state index in [1.54, 1.807) is 24.5 Å². The number of carbonyl (C=O) groups excluding carboxylic acids is 1. The molecule has 1 amide bonds.